The molecule has 0 bridgehead atoms. The van der Waals surface area contributed by atoms with E-state index in [4.69, 9.17) is 0 Å². The molecule has 0 spiro atoms. The Hall–Kier alpha value is -2.18. The molecule has 0 radical (unpaired) electrons. The minimum absolute atomic E-state index is 0.109. The summed E-state index contributed by atoms with van der Waals surface area (Å²) in [7, 11) is 0. The molecule has 1 saturated heterocycles. The predicted molar refractivity (Wildman–Crippen MR) is 98.8 cm³/mol. The minimum Gasteiger partial charge on any atom is -0.350 e. The van der Waals surface area contributed by atoms with Crippen LogP contribution in [0.3, 0.4) is 0 Å². The summed E-state index contributed by atoms with van der Waals surface area (Å²) >= 11 is 1.84. The fourth-order valence-corrected chi connectivity index (χ4v) is 4.29. The Kier molecular flexibility index (Phi) is 4.32. The number of fused-ring (bicyclic) bond motifs is 1. The smallest absolute Gasteiger partial charge is 0.290 e. The summed E-state index contributed by atoms with van der Waals surface area (Å²) in [6, 6.07) is 11.1. The Balaban J connectivity index is 1.41. The SMILES string of the molecule is O=c1[nH]ccnc1N1CCC[C@@H](NCc2cc3ccccc3s2)C1. The van der Waals surface area contributed by atoms with E-state index >= 15 is 0 Å². The third-order valence-corrected chi connectivity index (χ3v) is 5.57. The van der Waals surface area contributed by atoms with Gasteiger partial charge in [0, 0.05) is 47.6 Å². The second kappa shape index (κ2) is 6.75. The standard InChI is InChI=1S/C18H20N4OS/c23-18-17(19-7-8-20-18)22-9-3-5-14(12-22)21-11-15-10-13-4-1-2-6-16(13)24-15/h1-2,4,6-8,10,14,21H,3,5,9,11-12H2,(H,20,23)/t14-/m1/s1. The molecule has 3 aromatic rings. The van der Waals surface area contributed by atoms with Crippen molar-refractivity contribution in [2.75, 3.05) is 18.0 Å². The van der Waals surface area contributed by atoms with Crippen LogP contribution in [0.5, 0.6) is 0 Å². The molecule has 1 aliphatic heterocycles. The molecule has 4 rings (SSSR count). The summed E-state index contributed by atoms with van der Waals surface area (Å²) in [5.41, 5.74) is -0.109. The van der Waals surface area contributed by atoms with Gasteiger partial charge < -0.3 is 15.2 Å². The monoisotopic (exact) mass is 340 g/mol. The highest BCUT2D eigenvalue weighted by molar-refractivity contribution is 7.19. The average Bonchev–Trinajstić information content (AvgIpc) is 3.04. The second-order valence-electron chi connectivity index (χ2n) is 6.16. The summed E-state index contributed by atoms with van der Waals surface area (Å²) in [6.45, 7) is 2.59. The number of benzene rings is 1. The molecule has 1 aromatic carbocycles. The van der Waals surface area contributed by atoms with Gasteiger partial charge in [0.1, 0.15) is 0 Å². The van der Waals surface area contributed by atoms with Gasteiger partial charge in [-0.1, -0.05) is 18.2 Å². The maximum absolute atomic E-state index is 11.9. The number of anilines is 1. The topological polar surface area (TPSA) is 61.0 Å². The lowest BCUT2D eigenvalue weighted by molar-refractivity contribution is 0.420. The van der Waals surface area contributed by atoms with Crippen molar-refractivity contribution >= 4 is 27.2 Å². The summed E-state index contributed by atoms with van der Waals surface area (Å²) in [6.07, 6.45) is 5.42. The largest absolute Gasteiger partial charge is 0.350 e. The van der Waals surface area contributed by atoms with Crippen molar-refractivity contribution in [1.29, 1.82) is 0 Å². The summed E-state index contributed by atoms with van der Waals surface area (Å²) in [5.74, 6) is 0.533. The van der Waals surface area contributed by atoms with Gasteiger partial charge in [-0.15, -0.1) is 11.3 Å². The number of nitrogens with one attached hydrogen (secondary N) is 2. The molecule has 0 amide bonds. The molecule has 1 aliphatic rings. The van der Waals surface area contributed by atoms with Gasteiger partial charge in [0.15, 0.2) is 5.82 Å². The van der Waals surface area contributed by atoms with Crippen LogP contribution >= 0.6 is 11.3 Å². The van der Waals surface area contributed by atoms with Crippen molar-refractivity contribution in [3.05, 3.63) is 58.0 Å². The van der Waals surface area contributed by atoms with E-state index in [2.05, 4.69) is 50.5 Å². The fraction of sp³-hybridized carbons (Fsp3) is 0.333. The van der Waals surface area contributed by atoms with E-state index in [9.17, 15) is 4.79 Å². The highest BCUT2D eigenvalue weighted by Gasteiger charge is 2.22. The van der Waals surface area contributed by atoms with E-state index in [1.807, 2.05) is 11.3 Å². The van der Waals surface area contributed by atoms with Crippen LogP contribution in [0.4, 0.5) is 5.82 Å². The maximum Gasteiger partial charge on any atom is 0.290 e. The van der Waals surface area contributed by atoms with Crippen LogP contribution in [0, 0.1) is 0 Å². The molecule has 3 heterocycles. The molecule has 2 aromatic heterocycles. The molecular weight excluding hydrogens is 320 g/mol. The Morgan fingerprint density at radius 3 is 3.17 bits per heavy atom. The van der Waals surface area contributed by atoms with Crippen molar-refractivity contribution in [2.24, 2.45) is 0 Å². The van der Waals surface area contributed by atoms with Crippen LogP contribution in [-0.4, -0.2) is 29.1 Å². The normalized spacial score (nSPS) is 18.2. The van der Waals surface area contributed by atoms with Crippen molar-refractivity contribution in [2.45, 2.75) is 25.4 Å². The van der Waals surface area contributed by atoms with Crippen LogP contribution in [0.2, 0.25) is 0 Å². The zero-order valence-corrected chi connectivity index (χ0v) is 14.2. The van der Waals surface area contributed by atoms with Crippen molar-refractivity contribution in [3.8, 4) is 0 Å². The first-order valence-electron chi connectivity index (χ1n) is 8.29. The lowest BCUT2D eigenvalue weighted by atomic mass is 10.1. The van der Waals surface area contributed by atoms with E-state index in [0.29, 0.717) is 11.9 Å². The summed E-state index contributed by atoms with van der Waals surface area (Å²) in [4.78, 5) is 22.3. The number of aromatic amines is 1. The number of nitrogens with zero attached hydrogens (tertiary/aromatic N) is 2. The van der Waals surface area contributed by atoms with Crippen LogP contribution in [0.1, 0.15) is 17.7 Å². The molecule has 0 saturated carbocycles. The maximum atomic E-state index is 11.9. The Bertz CT molecular complexity index is 855. The van der Waals surface area contributed by atoms with Crippen molar-refractivity contribution < 1.29 is 0 Å². The van der Waals surface area contributed by atoms with Gasteiger partial charge in [0.2, 0.25) is 0 Å². The first-order chi connectivity index (χ1) is 11.8. The summed E-state index contributed by atoms with van der Waals surface area (Å²) in [5, 5.41) is 4.96. The molecule has 0 unspecified atom stereocenters. The van der Waals surface area contributed by atoms with Crippen LogP contribution in [0.15, 0.2) is 47.5 Å². The molecule has 1 fully saturated rings. The van der Waals surface area contributed by atoms with Gasteiger partial charge in [-0.05, 0) is 30.4 Å². The lowest BCUT2D eigenvalue weighted by Crippen LogP contribution is -2.47. The summed E-state index contributed by atoms with van der Waals surface area (Å²) < 4.78 is 1.33. The third-order valence-electron chi connectivity index (χ3n) is 4.45. The molecule has 124 valence electrons. The number of piperidine rings is 1. The van der Waals surface area contributed by atoms with Gasteiger partial charge in [0.05, 0.1) is 0 Å². The Morgan fingerprint density at radius 2 is 2.29 bits per heavy atom. The molecule has 6 heteroatoms. The van der Waals surface area contributed by atoms with Gasteiger partial charge >= 0.3 is 0 Å². The quantitative estimate of drug-likeness (QED) is 0.767. The van der Waals surface area contributed by atoms with Crippen LogP contribution < -0.4 is 15.8 Å². The molecule has 5 nitrogen and oxygen atoms in total. The van der Waals surface area contributed by atoms with Gasteiger partial charge in [-0.3, -0.25) is 4.79 Å². The molecule has 0 aliphatic carbocycles. The number of thiophene rings is 1. The number of hydrogen-bond donors (Lipinski definition) is 2. The van der Waals surface area contributed by atoms with Crippen molar-refractivity contribution in [1.82, 2.24) is 15.3 Å². The minimum atomic E-state index is -0.109. The molecule has 24 heavy (non-hydrogen) atoms. The first kappa shape index (κ1) is 15.4. The second-order valence-corrected chi connectivity index (χ2v) is 7.33. The third kappa shape index (κ3) is 3.20. The van der Waals surface area contributed by atoms with Gasteiger partial charge in [-0.25, -0.2) is 4.98 Å². The van der Waals surface area contributed by atoms with Gasteiger partial charge in [0.25, 0.3) is 5.56 Å². The molecule has 1 atom stereocenters. The Labute approximate surface area is 144 Å². The number of aromatic nitrogens is 2. The number of rotatable bonds is 4. The van der Waals surface area contributed by atoms with E-state index in [1.165, 1.54) is 15.0 Å². The zero-order valence-electron chi connectivity index (χ0n) is 13.4. The van der Waals surface area contributed by atoms with E-state index in [0.717, 1.165) is 32.5 Å². The molecular formula is C18H20N4OS. The van der Waals surface area contributed by atoms with Gasteiger partial charge in [-0.2, -0.15) is 0 Å². The first-order valence-corrected chi connectivity index (χ1v) is 9.11. The lowest BCUT2D eigenvalue weighted by Gasteiger charge is -2.33. The van der Waals surface area contributed by atoms with Crippen LogP contribution in [0.25, 0.3) is 10.1 Å². The number of H-pyrrole nitrogens is 1. The average molecular weight is 340 g/mol. The van der Waals surface area contributed by atoms with Crippen LogP contribution in [-0.2, 0) is 6.54 Å². The Morgan fingerprint density at radius 1 is 1.38 bits per heavy atom. The van der Waals surface area contributed by atoms with Crippen molar-refractivity contribution in [3.63, 3.8) is 0 Å². The number of hydrogen-bond acceptors (Lipinski definition) is 5. The fourth-order valence-electron chi connectivity index (χ4n) is 3.27. The molecule has 2 N–H and O–H groups in total. The zero-order chi connectivity index (χ0) is 16.4. The predicted octanol–water partition coefficient (Wildman–Crippen LogP) is 2.74. The highest BCUT2D eigenvalue weighted by Crippen LogP contribution is 2.25. The van der Waals surface area contributed by atoms with E-state index < -0.39 is 0 Å². The van der Waals surface area contributed by atoms with E-state index in [-0.39, 0.29) is 5.56 Å². The van der Waals surface area contributed by atoms with E-state index in [1.54, 1.807) is 12.4 Å². The highest BCUT2D eigenvalue weighted by atomic mass is 32.1.